The van der Waals surface area contributed by atoms with E-state index in [0.717, 1.165) is 24.1 Å². The Bertz CT molecular complexity index is 841. The van der Waals surface area contributed by atoms with Crippen molar-refractivity contribution >= 4 is 6.08 Å². The van der Waals surface area contributed by atoms with Crippen LogP contribution in [0.3, 0.4) is 0 Å². The molecule has 0 aliphatic heterocycles. The van der Waals surface area contributed by atoms with E-state index in [1.54, 1.807) is 27.2 Å². The fraction of sp³-hybridized carbons (Fsp3) is 0.348. The zero-order valence-electron chi connectivity index (χ0n) is 17.1. The Morgan fingerprint density at radius 3 is 2.52 bits per heavy atom. The van der Waals surface area contributed by atoms with Crippen LogP contribution in [0.15, 0.2) is 48.0 Å². The Balaban J connectivity index is 1.70. The molecule has 29 heavy (non-hydrogen) atoms. The Hall–Kier alpha value is -3.01. The number of nitriles is 1. The minimum Gasteiger partial charge on any atom is -0.493 e. The number of ether oxygens (including phenoxy) is 3. The predicted octanol–water partition coefficient (Wildman–Crippen LogP) is 3.20. The first-order chi connectivity index (χ1) is 14.0. The summed E-state index contributed by atoms with van der Waals surface area (Å²) in [5.74, 6) is 2.10. The monoisotopic (exact) mass is 396 g/mol. The van der Waals surface area contributed by atoms with Crippen molar-refractivity contribution in [2.24, 2.45) is 0 Å². The van der Waals surface area contributed by atoms with Crippen molar-refractivity contribution in [3.63, 3.8) is 0 Å². The molecule has 2 rings (SSSR count). The molecule has 6 heteroatoms. The molecular weight excluding hydrogens is 368 g/mol. The number of nitrogens with one attached hydrogen (secondary N) is 1. The van der Waals surface area contributed by atoms with Gasteiger partial charge in [0.25, 0.3) is 0 Å². The lowest BCUT2D eigenvalue weighted by Gasteiger charge is -2.14. The first-order valence-electron chi connectivity index (χ1n) is 9.46. The van der Waals surface area contributed by atoms with Gasteiger partial charge in [0.15, 0.2) is 11.5 Å². The van der Waals surface area contributed by atoms with Gasteiger partial charge in [0, 0.05) is 12.1 Å². The molecule has 2 N–H and O–H groups in total. The SMILES string of the molecule is COc1ccc(CCNC[C@H](O)COc2ccc(C=C(C)C#N)cc2)cc1OC. The molecule has 0 bridgehead atoms. The van der Waals surface area contributed by atoms with Crippen LogP contribution in [-0.4, -0.2) is 45.1 Å². The molecule has 0 fully saturated rings. The van der Waals surface area contributed by atoms with Gasteiger partial charge in [0.05, 0.1) is 20.3 Å². The topological polar surface area (TPSA) is 83.7 Å². The highest BCUT2D eigenvalue weighted by Crippen LogP contribution is 2.27. The van der Waals surface area contributed by atoms with Gasteiger partial charge < -0.3 is 24.6 Å². The van der Waals surface area contributed by atoms with Gasteiger partial charge in [-0.3, -0.25) is 0 Å². The molecule has 1 atom stereocenters. The third-order valence-electron chi connectivity index (χ3n) is 4.30. The molecule has 0 aromatic heterocycles. The summed E-state index contributed by atoms with van der Waals surface area (Å²) in [6.45, 7) is 3.13. The molecule has 2 aromatic carbocycles. The highest BCUT2D eigenvalue weighted by molar-refractivity contribution is 5.56. The van der Waals surface area contributed by atoms with Crippen molar-refractivity contribution in [1.29, 1.82) is 5.26 Å². The maximum Gasteiger partial charge on any atom is 0.160 e. The van der Waals surface area contributed by atoms with E-state index in [1.807, 2.05) is 42.5 Å². The molecule has 0 saturated heterocycles. The molecule has 0 radical (unpaired) electrons. The second-order valence-corrected chi connectivity index (χ2v) is 6.62. The van der Waals surface area contributed by atoms with Gasteiger partial charge in [0.2, 0.25) is 0 Å². The summed E-state index contributed by atoms with van der Waals surface area (Å²) in [5, 5.41) is 22.1. The molecule has 0 heterocycles. The van der Waals surface area contributed by atoms with Gasteiger partial charge in [0.1, 0.15) is 18.5 Å². The second-order valence-electron chi connectivity index (χ2n) is 6.62. The third-order valence-corrected chi connectivity index (χ3v) is 4.30. The Labute approximate surface area is 172 Å². The van der Waals surface area contributed by atoms with Crippen LogP contribution < -0.4 is 19.5 Å². The van der Waals surface area contributed by atoms with Crippen LogP contribution in [0.5, 0.6) is 17.2 Å². The van der Waals surface area contributed by atoms with Crippen molar-refractivity contribution in [3.05, 3.63) is 59.2 Å². The lowest BCUT2D eigenvalue weighted by molar-refractivity contribution is 0.106. The summed E-state index contributed by atoms with van der Waals surface area (Å²) in [6, 6.07) is 15.3. The van der Waals surface area contributed by atoms with E-state index in [-0.39, 0.29) is 6.61 Å². The number of aliphatic hydroxyl groups excluding tert-OH is 1. The predicted molar refractivity (Wildman–Crippen MR) is 113 cm³/mol. The van der Waals surface area contributed by atoms with E-state index in [1.165, 1.54) is 0 Å². The molecule has 0 aliphatic carbocycles. The molecule has 0 saturated carbocycles. The number of rotatable bonds is 11. The number of aliphatic hydroxyl groups is 1. The Morgan fingerprint density at radius 2 is 1.86 bits per heavy atom. The molecule has 0 aliphatic rings. The van der Waals surface area contributed by atoms with Gasteiger partial charge >= 0.3 is 0 Å². The number of hydrogen-bond donors (Lipinski definition) is 2. The van der Waals surface area contributed by atoms with Gasteiger partial charge in [-0.25, -0.2) is 0 Å². The van der Waals surface area contributed by atoms with Crippen molar-refractivity contribution in [2.45, 2.75) is 19.4 Å². The van der Waals surface area contributed by atoms with Crippen LogP contribution in [0.25, 0.3) is 6.08 Å². The van der Waals surface area contributed by atoms with E-state index < -0.39 is 6.10 Å². The maximum atomic E-state index is 10.1. The van der Waals surface area contributed by atoms with Crippen molar-refractivity contribution in [1.82, 2.24) is 5.32 Å². The third kappa shape index (κ3) is 7.49. The maximum absolute atomic E-state index is 10.1. The molecule has 0 spiro atoms. The van der Waals surface area contributed by atoms with E-state index in [4.69, 9.17) is 19.5 Å². The van der Waals surface area contributed by atoms with Crippen LogP contribution in [0.4, 0.5) is 0 Å². The smallest absolute Gasteiger partial charge is 0.160 e. The molecular formula is C23H28N2O4. The fourth-order valence-electron chi connectivity index (χ4n) is 2.73. The summed E-state index contributed by atoms with van der Waals surface area (Å²) in [4.78, 5) is 0. The van der Waals surface area contributed by atoms with E-state index in [0.29, 0.717) is 29.4 Å². The zero-order valence-corrected chi connectivity index (χ0v) is 17.1. The van der Waals surface area contributed by atoms with E-state index >= 15 is 0 Å². The number of nitrogens with zero attached hydrogens (tertiary/aromatic N) is 1. The quantitative estimate of drug-likeness (QED) is 0.448. The number of methoxy groups -OCH3 is 2. The molecule has 0 unspecified atom stereocenters. The Morgan fingerprint density at radius 1 is 1.14 bits per heavy atom. The van der Waals surface area contributed by atoms with Crippen LogP contribution in [-0.2, 0) is 6.42 Å². The molecule has 6 nitrogen and oxygen atoms in total. The van der Waals surface area contributed by atoms with Crippen LogP contribution in [0, 0.1) is 11.3 Å². The van der Waals surface area contributed by atoms with Gasteiger partial charge in [-0.15, -0.1) is 0 Å². The van der Waals surface area contributed by atoms with E-state index in [2.05, 4.69) is 11.4 Å². The van der Waals surface area contributed by atoms with Gasteiger partial charge in [-0.2, -0.15) is 5.26 Å². The Kier molecular flexibility index (Phi) is 9.03. The van der Waals surface area contributed by atoms with Crippen molar-refractivity contribution in [2.75, 3.05) is 33.9 Å². The summed E-state index contributed by atoms with van der Waals surface area (Å²) >= 11 is 0. The van der Waals surface area contributed by atoms with Crippen molar-refractivity contribution < 1.29 is 19.3 Å². The lowest BCUT2D eigenvalue weighted by Crippen LogP contribution is -2.32. The molecule has 0 amide bonds. The van der Waals surface area contributed by atoms with Gasteiger partial charge in [-0.05, 0) is 61.4 Å². The largest absolute Gasteiger partial charge is 0.493 e. The first kappa shape index (κ1) is 22.3. The zero-order chi connectivity index (χ0) is 21.1. The minimum absolute atomic E-state index is 0.204. The highest BCUT2D eigenvalue weighted by atomic mass is 16.5. The van der Waals surface area contributed by atoms with Gasteiger partial charge in [-0.1, -0.05) is 18.2 Å². The molecule has 154 valence electrons. The number of benzene rings is 2. The van der Waals surface area contributed by atoms with Crippen LogP contribution >= 0.6 is 0 Å². The second kappa shape index (κ2) is 11.7. The summed E-state index contributed by atoms with van der Waals surface area (Å²) in [7, 11) is 3.23. The van der Waals surface area contributed by atoms with E-state index in [9.17, 15) is 5.11 Å². The van der Waals surface area contributed by atoms with Crippen LogP contribution in [0.2, 0.25) is 0 Å². The number of allylic oxidation sites excluding steroid dienone is 1. The summed E-state index contributed by atoms with van der Waals surface area (Å²) < 4.78 is 16.2. The number of hydrogen-bond acceptors (Lipinski definition) is 6. The first-order valence-corrected chi connectivity index (χ1v) is 9.46. The minimum atomic E-state index is -0.610. The highest BCUT2D eigenvalue weighted by Gasteiger charge is 2.07. The molecule has 2 aromatic rings. The average Bonchev–Trinajstić information content (AvgIpc) is 2.75. The summed E-state index contributed by atoms with van der Waals surface area (Å²) in [6.07, 6.45) is 2.01. The van der Waals surface area contributed by atoms with Crippen molar-refractivity contribution in [3.8, 4) is 23.3 Å². The normalized spacial score (nSPS) is 12.2. The lowest BCUT2D eigenvalue weighted by atomic mass is 10.1. The van der Waals surface area contributed by atoms with Crippen LogP contribution in [0.1, 0.15) is 18.1 Å². The fourth-order valence-corrected chi connectivity index (χ4v) is 2.73. The average molecular weight is 396 g/mol. The standard InChI is InChI=1S/C23H28N2O4/c1-17(14-24)12-18-4-7-21(8-5-18)29-16-20(26)15-25-11-10-19-6-9-22(27-2)23(13-19)28-3/h4-9,12-13,20,25-26H,10-11,15-16H2,1-3H3/t20-/m0/s1. The summed E-state index contributed by atoms with van der Waals surface area (Å²) in [5.41, 5.74) is 2.71.